The van der Waals surface area contributed by atoms with Gasteiger partial charge < -0.3 is 5.73 Å². The molecule has 1 aliphatic rings. The van der Waals surface area contributed by atoms with Gasteiger partial charge in [0, 0.05) is 11.9 Å². The topological polar surface area (TPSA) is 26.0 Å². The molecule has 0 spiro atoms. The van der Waals surface area contributed by atoms with E-state index in [1.807, 2.05) is 0 Å². The van der Waals surface area contributed by atoms with E-state index in [4.69, 9.17) is 17.3 Å². The first kappa shape index (κ1) is 10.3. The second-order valence-electron chi connectivity index (χ2n) is 4.35. The van der Waals surface area contributed by atoms with Crippen LogP contribution in [0.5, 0.6) is 0 Å². The molecule has 0 radical (unpaired) electrons. The fraction of sp³-hybridized carbons (Fsp3) is 1.00. The van der Waals surface area contributed by atoms with E-state index in [0.717, 1.165) is 11.8 Å². The summed E-state index contributed by atoms with van der Waals surface area (Å²) >= 11 is 5.83. The molecule has 1 nitrogen and oxygen atoms in total. The Morgan fingerprint density at radius 3 is 2.67 bits per heavy atom. The molecule has 1 fully saturated rings. The van der Waals surface area contributed by atoms with Gasteiger partial charge in [-0.1, -0.05) is 13.8 Å². The highest BCUT2D eigenvalue weighted by molar-refractivity contribution is 6.18. The Kier molecular flexibility index (Phi) is 3.85. The van der Waals surface area contributed by atoms with Crippen molar-refractivity contribution in [2.24, 2.45) is 23.5 Å². The molecule has 4 atom stereocenters. The first-order valence-electron chi connectivity index (χ1n) is 4.96. The van der Waals surface area contributed by atoms with Crippen LogP contribution in [0.25, 0.3) is 0 Å². The van der Waals surface area contributed by atoms with Gasteiger partial charge in [-0.3, -0.25) is 0 Å². The Balaban J connectivity index is 2.39. The van der Waals surface area contributed by atoms with Crippen molar-refractivity contribution >= 4 is 11.6 Å². The standard InChI is InChI=1S/C10H20ClN/c1-7-3-4-9(5-10(7)12)8(2)6-11/h7-10H,3-6,12H2,1-2H3/t7?,8?,9-,10?/m1/s1. The minimum atomic E-state index is 0.411. The number of alkyl halides is 1. The van der Waals surface area contributed by atoms with Gasteiger partial charge >= 0.3 is 0 Å². The highest BCUT2D eigenvalue weighted by Crippen LogP contribution is 2.32. The van der Waals surface area contributed by atoms with Crippen molar-refractivity contribution in [2.75, 3.05) is 5.88 Å². The van der Waals surface area contributed by atoms with Gasteiger partial charge in [-0.15, -0.1) is 11.6 Å². The Morgan fingerprint density at radius 2 is 2.17 bits per heavy atom. The van der Waals surface area contributed by atoms with E-state index in [2.05, 4.69) is 13.8 Å². The van der Waals surface area contributed by atoms with Crippen molar-refractivity contribution in [3.05, 3.63) is 0 Å². The molecule has 72 valence electrons. The van der Waals surface area contributed by atoms with Crippen LogP contribution in [0.3, 0.4) is 0 Å². The van der Waals surface area contributed by atoms with E-state index < -0.39 is 0 Å². The average molecular weight is 190 g/mol. The molecule has 1 aliphatic carbocycles. The molecule has 0 heterocycles. The number of hydrogen-bond donors (Lipinski definition) is 1. The highest BCUT2D eigenvalue weighted by Gasteiger charge is 2.27. The summed E-state index contributed by atoms with van der Waals surface area (Å²) in [7, 11) is 0. The van der Waals surface area contributed by atoms with Gasteiger partial charge in [0.15, 0.2) is 0 Å². The van der Waals surface area contributed by atoms with E-state index in [0.29, 0.717) is 17.9 Å². The minimum absolute atomic E-state index is 0.411. The lowest BCUT2D eigenvalue weighted by molar-refractivity contribution is 0.208. The van der Waals surface area contributed by atoms with E-state index in [9.17, 15) is 0 Å². The maximum absolute atomic E-state index is 6.02. The molecule has 0 aromatic carbocycles. The summed E-state index contributed by atoms with van der Waals surface area (Å²) in [5, 5.41) is 0. The van der Waals surface area contributed by atoms with E-state index in [-0.39, 0.29) is 0 Å². The van der Waals surface area contributed by atoms with Crippen LogP contribution in [0.1, 0.15) is 33.1 Å². The van der Waals surface area contributed by atoms with Crippen LogP contribution in [-0.4, -0.2) is 11.9 Å². The third kappa shape index (κ3) is 2.37. The second kappa shape index (κ2) is 4.48. The molecule has 0 amide bonds. The molecule has 3 unspecified atom stereocenters. The zero-order valence-corrected chi connectivity index (χ0v) is 8.85. The SMILES string of the molecule is CC1CC[C@@H](C(C)CCl)CC1N. The molecule has 2 N–H and O–H groups in total. The number of hydrogen-bond acceptors (Lipinski definition) is 1. The first-order chi connectivity index (χ1) is 5.65. The summed E-state index contributed by atoms with van der Waals surface area (Å²) in [6.07, 6.45) is 3.78. The van der Waals surface area contributed by atoms with Gasteiger partial charge in [0.05, 0.1) is 0 Å². The maximum atomic E-state index is 6.02. The van der Waals surface area contributed by atoms with E-state index >= 15 is 0 Å². The lowest BCUT2D eigenvalue weighted by Gasteiger charge is -2.34. The zero-order chi connectivity index (χ0) is 9.14. The van der Waals surface area contributed by atoms with Crippen molar-refractivity contribution in [1.82, 2.24) is 0 Å². The predicted octanol–water partition coefficient (Wildman–Crippen LogP) is 2.62. The number of halogens is 1. The number of nitrogens with two attached hydrogens (primary N) is 1. The minimum Gasteiger partial charge on any atom is -0.327 e. The molecule has 0 aromatic rings. The van der Waals surface area contributed by atoms with Gasteiger partial charge in [0.1, 0.15) is 0 Å². The van der Waals surface area contributed by atoms with Crippen LogP contribution in [0.4, 0.5) is 0 Å². The van der Waals surface area contributed by atoms with Crippen LogP contribution in [-0.2, 0) is 0 Å². The van der Waals surface area contributed by atoms with Gasteiger partial charge in [-0.05, 0) is 37.0 Å². The summed E-state index contributed by atoms with van der Waals surface area (Å²) in [4.78, 5) is 0. The fourth-order valence-electron chi connectivity index (χ4n) is 2.03. The van der Waals surface area contributed by atoms with Gasteiger partial charge in [-0.2, -0.15) is 0 Å². The van der Waals surface area contributed by atoms with Gasteiger partial charge in [-0.25, -0.2) is 0 Å². The Morgan fingerprint density at radius 1 is 1.50 bits per heavy atom. The summed E-state index contributed by atoms with van der Waals surface area (Å²) in [5.41, 5.74) is 6.02. The summed E-state index contributed by atoms with van der Waals surface area (Å²) in [6, 6.07) is 0.411. The van der Waals surface area contributed by atoms with E-state index in [1.54, 1.807) is 0 Å². The zero-order valence-electron chi connectivity index (χ0n) is 8.09. The summed E-state index contributed by atoms with van der Waals surface area (Å²) < 4.78 is 0. The first-order valence-corrected chi connectivity index (χ1v) is 5.50. The molecule has 0 aliphatic heterocycles. The van der Waals surface area contributed by atoms with Crippen LogP contribution < -0.4 is 5.73 Å². The monoisotopic (exact) mass is 189 g/mol. The normalized spacial score (nSPS) is 39.5. The highest BCUT2D eigenvalue weighted by atomic mass is 35.5. The van der Waals surface area contributed by atoms with Crippen molar-refractivity contribution in [3.8, 4) is 0 Å². The molecular formula is C10H20ClN. The summed E-state index contributed by atoms with van der Waals surface area (Å²) in [5.74, 6) is 2.91. The predicted molar refractivity (Wildman–Crippen MR) is 54.4 cm³/mol. The van der Waals surface area contributed by atoms with Crippen molar-refractivity contribution in [1.29, 1.82) is 0 Å². The largest absolute Gasteiger partial charge is 0.327 e. The van der Waals surface area contributed by atoms with Crippen LogP contribution in [0.15, 0.2) is 0 Å². The molecule has 0 saturated heterocycles. The quantitative estimate of drug-likeness (QED) is 0.665. The maximum Gasteiger partial charge on any atom is 0.0251 e. The van der Waals surface area contributed by atoms with Crippen LogP contribution in [0.2, 0.25) is 0 Å². The second-order valence-corrected chi connectivity index (χ2v) is 4.65. The molecule has 12 heavy (non-hydrogen) atoms. The Hall–Kier alpha value is 0.250. The van der Waals surface area contributed by atoms with Crippen LogP contribution >= 0.6 is 11.6 Å². The Bertz CT molecular complexity index is 138. The third-order valence-electron chi connectivity index (χ3n) is 3.35. The molecule has 2 heteroatoms. The smallest absolute Gasteiger partial charge is 0.0251 e. The fourth-order valence-corrected chi connectivity index (χ4v) is 2.29. The molecule has 0 aromatic heterocycles. The molecule has 0 bridgehead atoms. The number of rotatable bonds is 2. The lowest BCUT2D eigenvalue weighted by atomic mass is 9.75. The Labute approximate surface area is 80.7 Å². The molecular weight excluding hydrogens is 170 g/mol. The van der Waals surface area contributed by atoms with Crippen LogP contribution in [0, 0.1) is 17.8 Å². The van der Waals surface area contributed by atoms with E-state index in [1.165, 1.54) is 19.3 Å². The van der Waals surface area contributed by atoms with Gasteiger partial charge in [0.2, 0.25) is 0 Å². The molecule has 1 rings (SSSR count). The average Bonchev–Trinajstić information content (AvgIpc) is 2.08. The van der Waals surface area contributed by atoms with Gasteiger partial charge in [0.25, 0.3) is 0 Å². The molecule has 1 saturated carbocycles. The van der Waals surface area contributed by atoms with Crippen molar-refractivity contribution < 1.29 is 0 Å². The third-order valence-corrected chi connectivity index (χ3v) is 3.83. The van der Waals surface area contributed by atoms with Crippen molar-refractivity contribution in [2.45, 2.75) is 39.2 Å². The van der Waals surface area contributed by atoms with Crippen molar-refractivity contribution in [3.63, 3.8) is 0 Å². The lowest BCUT2D eigenvalue weighted by Crippen LogP contribution is -2.37. The summed E-state index contributed by atoms with van der Waals surface area (Å²) in [6.45, 7) is 4.49.